The quantitative estimate of drug-likeness (QED) is 0.414. The summed E-state index contributed by atoms with van der Waals surface area (Å²) in [7, 11) is 0. The van der Waals surface area contributed by atoms with Gasteiger partial charge in [0.05, 0.1) is 6.61 Å². The van der Waals surface area contributed by atoms with Gasteiger partial charge in [0, 0.05) is 12.5 Å². The zero-order valence-corrected chi connectivity index (χ0v) is 11.1. The van der Waals surface area contributed by atoms with Crippen LogP contribution in [0.4, 0.5) is 0 Å². The lowest BCUT2D eigenvalue weighted by atomic mass is 9.80. The van der Waals surface area contributed by atoms with Crippen LogP contribution in [0.25, 0.3) is 0 Å². The highest BCUT2D eigenvalue weighted by molar-refractivity contribution is 6.47. The third kappa shape index (κ3) is 1.18. The number of amides is 1. The zero-order chi connectivity index (χ0) is 13.8. The summed E-state index contributed by atoms with van der Waals surface area (Å²) in [6, 6.07) is 0. The van der Waals surface area contributed by atoms with Crippen LogP contribution < -0.4 is 0 Å². The number of ether oxygens (including phenoxy) is 2. The summed E-state index contributed by atoms with van der Waals surface area (Å²) in [5.41, 5.74) is -2.16. The van der Waals surface area contributed by atoms with Crippen molar-refractivity contribution in [2.75, 3.05) is 13.2 Å². The predicted molar refractivity (Wildman–Crippen MR) is 62.9 cm³/mol. The second kappa shape index (κ2) is 3.79. The number of esters is 1. The first-order chi connectivity index (χ1) is 9.04. The Kier molecular flexibility index (Phi) is 2.51. The summed E-state index contributed by atoms with van der Waals surface area (Å²) in [5, 5.41) is 0. The molecule has 6 heteroatoms. The molecule has 3 rings (SSSR count). The highest BCUT2D eigenvalue weighted by atomic mass is 16.6. The van der Waals surface area contributed by atoms with Crippen LogP contribution >= 0.6 is 0 Å². The van der Waals surface area contributed by atoms with Gasteiger partial charge in [0.25, 0.3) is 5.91 Å². The van der Waals surface area contributed by atoms with Crippen LogP contribution in [-0.4, -0.2) is 47.0 Å². The molecule has 0 aromatic heterocycles. The van der Waals surface area contributed by atoms with E-state index in [9.17, 15) is 14.4 Å². The van der Waals surface area contributed by atoms with Gasteiger partial charge in [-0.3, -0.25) is 14.5 Å². The fraction of sp³-hybridized carbons (Fsp3) is 0.769. The number of nitrogens with zero attached hydrogens (tertiary/aromatic N) is 1. The summed E-state index contributed by atoms with van der Waals surface area (Å²) >= 11 is 0. The summed E-state index contributed by atoms with van der Waals surface area (Å²) in [4.78, 5) is 37.5. The standard InChI is InChI=1S/C13H17NO5/c1-3-18-11(17)13(19-4-2)8-5-6-12(7-8)9(15)10(16)14(12)13/h8H,3-7H2,1-2H3. The Morgan fingerprint density at radius 3 is 2.74 bits per heavy atom. The fourth-order valence-corrected chi connectivity index (χ4v) is 3.92. The summed E-state index contributed by atoms with van der Waals surface area (Å²) in [6.45, 7) is 4.00. The van der Waals surface area contributed by atoms with E-state index in [0.717, 1.165) is 0 Å². The molecule has 1 saturated carbocycles. The topological polar surface area (TPSA) is 72.9 Å². The maximum Gasteiger partial charge on any atom is 0.360 e. The van der Waals surface area contributed by atoms with E-state index in [2.05, 4.69) is 0 Å². The summed E-state index contributed by atoms with van der Waals surface area (Å²) in [6.07, 6.45) is 1.88. The van der Waals surface area contributed by atoms with Crippen molar-refractivity contribution in [1.82, 2.24) is 4.90 Å². The minimum atomic E-state index is -1.37. The van der Waals surface area contributed by atoms with E-state index in [4.69, 9.17) is 9.47 Å². The van der Waals surface area contributed by atoms with E-state index in [0.29, 0.717) is 25.9 Å². The molecule has 3 atom stereocenters. The van der Waals surface area contributed by atoms with Crippen molar-refractivity contribution in [3.05, 3.63) is 0 Å². The highest BCUT2D eigenvalue weighted by Gasteiger charge is 2.80. The van der Waals surface area contributed by atoms with Crippen molar-refractivity contribution in [3.63, 3.8) is 0 Å². The van der Waals surface area contributed by atoms with Crippen molar-refractivity contribution >= 4 is 17.7 Å². The molecule has 2 heterocycles. The van der Waals surface area contributed by atoms with E-state index in [1.54, 1.807) is 13.8 Å². The third-order valence-corrected chi connectivity index (χ3v) is 4.56. The SMILES string of the molecule is CCOC(=O)C1(OCC)C2CCC3(C2)C(=O)C(=O)N31. The molecule has 0 aromatic carbocycles. The highest BCUT2D eigenvalue weighted by Crippen LogP contribution is 2.61. The number of rotatable bonds is 4. The van der Waals surface area contributed by atoms with Crippen molar-refractivity contribution < 1.29 is 23.9 Å². The first-order valence-electron chi connectivity index (χ1n) is 6.75. The molecule has 1 aliphatic carbocycles. The minimum absolute atomic E-state index is 0.137. The van der Waals surface area contributed by atoms with E-state index >= 15 is 0 Å². The van der Waals surface area contributed by atoms with Gasteiger partial charge in [-0.15, -0.1) is 0 Å². The molecule has 19 heavy (non-hydrogen) atoms. The predicted octanol–water partition coefficient (Wildman–Crippen LogP) is 0.246. The van der Waals surface area contributed by atoms with Crippen LogP contribution in [0.5, 0.6) is 0 Å². The maximum absolute atomic E-state index is 12.3. The van der Waals surface area contributed by atoms with Crippen LogP contribution in [0.2, 0.25) is 0 Å². The van der Waals surface area contributed by atoms with Gasteiger partial charge in [0.15, 0.2) is 0 Å². The van der Waals surface area contributed by atoms with Gasteiger partial charge in [-0.2, -0.15) is 0 Å². The molecule has 3 fully saturated rings. The molecule has 1 spiro atoms. The van der Waals surface area contributed by atoms with Gasteiger partial charge in [0.2, 0.25) is 11.5 Å². The number of carbonyl (C=O) groups excluding carboxylic acids is 3. The van der Waals surface area contributed by atoms with Gasteiger partial charge in [-0.1, -0.05) is 0 Å². The van der Waals surface area contributed by atoms with E-state index in [1.165, 1.54) is 4.90 Å². The molecule has 0 radical (unpaired) electrons. The van der Waals surface area contributed by atoms with Crippen LogP contribution in [-0.2, 0) is 23.9 Å². The van der Waals surface area contributed by atoms with Gasteiger partial charge in [-0.25, -0.2) is 4.79 Å². The number of carbonyl (C=O) groups is 3. The number of β-lactam (4-membered cyclic amide) rings is 1. The normalized spacial score (nSPS) is 39.3. The molecule has 104 valence electrons. The number of ketones is 1. The first kappa shape index (κ1) is 12.6. The van der Waals surface area contributed by atoms with Crippen molar-refractivity contribution in [2.45, 2.75) is 44.4 Å². The molecule has 6 nitrogen and oxygen atoms in total. The largest absolute Gasteiger partial charge is 0.462 e. The van der Waals surface area contributed by atoms with Gasteiger partial charge < -0.3 is 9.47 Å². The average molecular weight is 267 g/mol. The number of Topliss-reactive ketones (excluding diaryl/α,β-unsaturated/α-hetero) is 1. The van der Waals surface area contributed by atoms with E-state index in [-0.39, 0.29) is 18.3 Å². The second-order valence-corrected chi connectivity index (χ2v) is 5.29. The Hall–Kier alpha value is -1.43. The maximum atomic E-state index is 12.3. The molecule has 1 amide bonds. The van der Waals surface area contributed by atoms with Crippen LogP contribution in [0.1, 0.15) is 33.1 Å². The molecule has 2 saturated heterocycles. The molecular weight excluding hydrogens is 250 g/mol. The lowest BCUT2D eigenvalue weighted by Crippen LogP contribution is -2.77. The van der Waals surface area contributed by atoms with Gasteiger partial charge >= 0.3 is 5.97 Å². The minimum Gasteiger partial charge on any atom is -0.462 e. The van der Waals surface area contributed by atoms with Crippen molar-refractivity contribution in [2.24, 2.45) is 5.92 Å². The molecule has 0 N–H and O–H groups in total. The van der Waals surface area contributed by atoms with Crippen LogP contribution in [0.15, 0.2) is 0 Å². The Labute approximate surface area is 111 Å². The average Bonchev–Trinajstić information content (AvgIpc) is 2.94. The van der Waals surface area contributed by atoms with Crippen molar-refractivity contribution in [1.29, 1.82) is 0 Å². The van der Waals surface area contributed by atoms with Crippen LogP contribution in [0, 0.1) is 5.92 Å². The molecular formula is C13H17NO5. The Bertz CT molecular complexity index is 476. The number of piperidine rings is 1. The third-order valence-electron chi connectivity index (χ3n) is 4.56. The molecule has 3 unspecified atom stereocenters. The molecule has 3 aliphatic rings. The second-order valence-electron chi connectivity index (χ2n) is 5.29. The smallest absolute Gasteiger partial charge is 0.360 e. The molecule has 2 bridgehead atoms. The van der Waals surface area contributed by atoms with Crippen LogP contribution in [0.3, 0.4) is 0 Å². The number of hydrogen-bond donors (Lipinski definition) is 0. The van der Waals surface area contributed by atoms with E-state index < -0.39 is 23.1 Å². The monoisotopic (exact) mass is 267 g/mol. The lowest BCUT2D eigenvalue weighted by molar-refractivity contribution is -0.231. The Morgan fingerprint density at radius 2 is 2.11 bits per heavy atom. The Morgan fingerprint density at radius 1 is 1.37 bits per heavy atom. The summed E-state index contributed by atoms with van der Waals surface area (Å²) < 4.78 is 10.8. The van der Waals surface area contributed by atoms with Gasteiger partial charge in [-0.05, 0) is 33.1 Å². The Balaban J connectivity index is 2.04. The van der Waals surface area contributed by atoms with Crippen molar-refractivity contribution in [3.8, 4) is 0 Å². The lowest BCUT2D eigenvalue weighted by Gasteiger charge is -2.53. The van der Waals surface area contributed by atoms with Gasteiger partial charge in [0.1, 0.15) is 5.54 Å². The fourth-order valence-electron chi connectivity index (χ4n) is 3.92. The number of hydrogen-bond acceptors (Lipinski definition) is 5. The van der Waals surface area contributed by atoms with E-state index in [1.807, 2.05) is 0 Å². The summed E-state index contributed by atoms with van der Waals surface area (Å²) in [5.74, 6) is -1.66. The number of fused-ring (bicyclic) bond motifs is 1. The zero-order valence-electron chi connectivity index (χ0n) is 11.1. The first-order valence-corrected chi connectivity index (χ1v) is 6.75. The molecule has 2 aliphatic heterocycles. The molecule has 0 aromatic rings.